The normalized spacial score (nSPS) is 11.7. The number of hydrogen-bond acceptors (Lipinski definition) is 4. The van der Waals surface area contributed by atoms with Crippen molar-refractivity contribution in [1.82, 2.24) is 0 Å². The van der Waals surface area contributed by atoms with Crippen LogP contribution < -0.4 is 5.32 Å². The third-order valence-corrected chi connectivity index (χ3v) is 3.34. The van der Waals surface area contributed by atoms with Crippen molar-refractivity contribution in [3.63, 3.8) is 0 Å². The minimum absolute atomic E-state index is 0.389. The first-order valence-electron chi connectivity index (χ1n) is 5.87. The number of nitrogens with one attached hydrogen (secondary N) is 1. The summed E-state index contributed by atoms with van der Waals surface area (Å²) in [6, 6.07) is 8.68. The quantitative estimate of drug-likeness (QED) is 0.881. The third-order valence-electron chi connectivity index (χ3n) is 2.49. The van der Waals surface area contributed by atoms with E-state index < -0.39 is 18.0 Å². The molecule has 0 fully saturated rings. The van der Waals surface area contributed by atoms with Crippen molar-refractivity contribution < 1.29 is 18.7 Å². The maximum absolute atomic E-state index is 12.7. The van der Waals surface area contributed by atoms with Crippen LogP contribution in [0.5, 0.6) is 0 Å². The highest BCUT2D eigenvalue weighted by Gasteiger charge is 2.19. The molecule has 0 aliphatic rings. The van der Waals surface area contributed by atoms with Crippen LogP contribution in [-0.2, 0) is 9.53 Å². The summed E-state index contributed by atoms with van der Waals surface area (Å²) in [5.41, 5.74) is 0.440. The van der Waals surface area contributed by atoms with E-state index in [9.17, 15) is 14.0 Å². The highest BCUT2D eigenvalue weighted by atomic mass is 32.1. The first-order valence-corrected chi connectivity index (χ1v) is 6.75. The third kappa shape index (κ3) is 3.64. The van der Waals surface area contributed by atoms with E-state index in [-0.39, 0.29) is 5.82 Å². The molecule has 1 aromatic heterocycles. The standard InChI is InChI=1S/C14H12FNO3S/c1-9(19-14(18)12-3-2-8-20-12)13(17)16-11-6-4-10(15)5-7-11/h2-9H,1H3,(H,16,17)/t9-/m1/s1. The Bertz CT molecular complexity index is 595. The maximum atomic E-state index is 12.7. The molecule has 0 spiro atoms. The predicted octanol–water partition coefficient (Wildman–Crippen LogP) is 3.07. The summed E-state index contributed by atoms with van der Waals surface area (Å²) in [6.45, 7) is 1.48. The zero-order valence-electron chi connectivity index (χ0n) is 10.6. The molecule has 20 heavy (non-hydrogen) atoms. The monoisotopic (exact) mass is 293 g/mol. The molecule has 0 radical (unpaired) electrons. The topological polar surface area (TPSA) is 55.4 Å². The molecule has 0 unspecified atom stereocenters. The Hall–Kier alpha value is -2.21. The Morgan fingerprint density at radius 2 is 1.95 bits per heavy atom. The number of ether oxygens (including phenoxy) is 1. The van der Waals surface area contributed by atoms with Crippen molar-refractivity contribution in [3.05, 3.63) is 52.5 Å². The lowest BCUT2D eigenvalue weighted by Crippen LogP contribution is -2.29. The van der Waals surface area contributed by atoms with E-state index in [0.717, 1.165) is 0 Å². The van der Waals surface area contributed by atoms with Crippen LogP contribution in [0.15, 0.2) is 41.8 Å². The number of esters is 1. The molecule has 1 atom stereocenters. The van der Waals surface area contributed by atoms with Gasteiger partial charge in [-0.15, -0.1) is 11.3 Å². The first-order chi connectivity index (χ1) is 9.56. The van der Waals surface area contributed by atoms with E-state index in [1.165, 1.54) is 42.5 Å². The van der Waals surface area contributed by atoms with E-state index in [0.29, 0.717) is 10.6 Å². The Morgan fingerprint density at radius 1 is 1.25 bits per heavy atom. The number of benzene rings is 1. The zero-order chi connectivity index (χ0) is 14.5. The van der Waals surface area contributed by atoms with Crippen LogP contribution in [0.25, 0.3) is 0 Å². The molecule has 104 valence electrons. The van der Waals surface area contributed by atoms with E-state index in [2.05, 4.69) is 5.32 Å². The molecule has 1 N–H and O–H groups in total. The molecular weight excluding hydrogens is 281 g/mol. The molecule has 4 nitrogen and oxygen atoms in total. The highest BCUT2D eigenvalue weighted by Crippen LogP contribution is 2.13. The van der Waals surface area contributed by atoms with Crippen LogP contribution in [0, 0.1) is 5.82 Å². The molecule has 0 saturated heterocycles. The molecule has 1 amide bonds. The molecule has 1 aromatic carbocycles. The Labute approximate surface area is 119 Å². The zero-order valence-corrected chi connectivity index (χ0v) is 11.4. The number of anilines is 1. The predicted molar refractivity (Wildman–Crippen MR) is 74.2 cm³/mol. The maximum Gasteiger partial charge on any atom is 0.349 e. The van der Waals surface area contributed by atoms with Crippen molar-refractivity contribution in [3.8, 4) is 0 Å². The van der Waals surface area contributed by atoms with Crippen LogP contribution >= 0.6 is 11.3 Å². The molecule has 2 rings (SSSR count). The average molecular weight is 293 g/mol. The number of rotatable bonds is 4. The largest absolute Gasteiger partial charge is 0.448 e. The molecule has 0 bridgehead atoms. The summed E-state index contributed by atoms with van der Waals surface area (Å²) in [7, 11) is 0. The second-order valence-corrected chi connectivity index (χ2v) is 4.97. The number of hydrogen-bond donors (Lipinski definition) is 1. The SMILES string of the molecule is C[C@@H](OC(=O)c1cccs1)C(=O)Nc1ccc(F)cc1. The lowest BCUT2D eigenvalue weighted by Gasteiger charge is -2.12. The second-order valence-electron chi connectivity index (χ2n) is 4.02. The summed E-state index contributed by atoms with van der Waals surface area (Å²) >= 11 is 1.24. The van der Waals surface area contributed by atoms with Gasteiger partial charge in [-0.1, -0.05) is 6.07 Å². The Kier molecular flexibility index (Phi) is 4.47. The number of carbonyl (C=O) groups excluding carboxylic acids is 2. The van der Waals surface area contributed by atoms with Gasteiger partial charge in [0.15, 0.2) is 6.10 Å². The number of amides is 1. The van der Waals surface area contributed by atoms with Crippen molar-refractivity contribution in [2.75, 3.05) is 5.32 Å². The van der Waals surface area contributed by atoms with E-state index in [4.69, 9.17) is 4.74 Å². The average Bonchev–Trinajstić information content (AvgIpc) is 2.95. The fourth-order valence-corrected chi connectivity index (χ4v) is 2.05. The number of thiophene rings is 1. The summed E-state index contributed by atoms with van der Waals surface area (Å²) in [4.78, 5) is 23.9. The van der Waals surface area contributed by atoms with Gasteiger partial charge in [-0.05, 0) is 42.6 Å². The molecule has 2 aromatic rings. The Morgan fingerprint density at radius 3 is 2.55 bits per heavy atom. The van der Waals surface area contributed by atoms with E-state index in [1.54, 1.807) is 17.5 Å². The minimum Gasteiger partial charge on any atom is -0.448 e. The minimum atomic E-state index is -0.936. The second kappa shape index (κ2) is 6.29. The number of halogens is 1. The van der Waals surface area contributed by atoms with E-state index in [1.807, 2.05) is 0 Å². The lowest BCUT2D eigenvalue weighted by molar-refractivity contribution is -0.123. The molecular formula is C14H12FNO3S. The van der Waals surface area contributed by atoms with Gasteiger partial charge < -0.3 is 10.1 Å². The van der Waals surface area contributed by atoms with Gasteiger partial charge in [0.05, 0.1) is 0 Å². The summed E-state index contributed by atoms with van der Waals surface area (Å²) in [6.07, 6.45) is -0.936. The summed E-state index contributed by atoms with van der Waals surface area (Å²) in [5, 5.41) is 4.29. The van der Waals surface area contributed by atoms with Gasteiger partial charge in [0.2, 0.25) is 0 Å². The van der Waals surface area contributed by atoms with Gasteiger partial charge in [-0.3, -0.25) is 4.79 Å². The molecule has 1 heterocycles. The van der Waals surface area contributed by atoms with Gasteiger partial charge in [-0.2, -0.15) is 0 Å². The van der Waals surface area contributed by atoms with Gasteiger partial charge in [0.1, 0.15) is 10.7 Å². The van der Waals surface area contributed by atoms with Crippen LogP contribution in [0.2, 0.25) is 0 Å². The fraction of sp³-hybridized carbons (Fsp3) is 0.143. The summed E-state index contributed by atoms with van der Waals surface area (Å²) in [5.74, 6) is -1.40. The molecule has 6 heteroatoms. The molecule has 0 aliphatic carbocycles. The van der Waals surface area contributed by atoms with Gasteiger partial charge in [-0.25, -0.2) is 9.18 Å². The van der Waals surface area contributed by atoms with Crippen LogP contribution in [-0.4, -0.2) is 18.0 Å². The van der Waals surface area contributed by atoms with Gasteiger partial charge in [0, 0.05) is 5.69 Å². The lowest BCUT2D eigenvalue weighted by atomic mass is 10.3. The van der Waals surface area contributed by atoms with Crippen molar-refractivity contribution in [2.24, 2.45) is 0 Å². The molecule has 0 saturated carbocycles. The fourth-order valence-electron chi connectivity index (χ4n) is 1.44. The van der Waals surface area contributed by atoms with Crippen molar-refractivity contribution >= 4 is 28.9 Å². The van der Waals surface area contributed by atoms with Crippen LogP contribution in [0.4, 0.5) is 10.1 Å². The Balaban J connectivity index is 1.92. The first kappa shape index (κ1) is 14.2. The highest BCUT2D eigenvalue weighted by molar-refractivity contribution is 7.11. The van der Waals surface area contributed by atoms with Crippen molar-refractivity contribution in [1.29, 1.82) is 0 Å². The van der Waals surface area contributed by atoms with Gasteiger partial charge >= 0.3 is 5.97 Å². The smallest absolute Gasteiger partial charge is 0.349 e. The number of carbonyl (C=O) groups is 2. The molecule has 0 aliphatic heterocycles. The summed E-state index contributed by atoms with van der Waals surface area (Å²) < 4.78 is 17.8. The van der Waals surface area contributed by atoms with Crippen LogP contribution in [0.3, 0.4) is 0 Å². The van der Waals surface area contributed by atoms with Crippen LogP contribution in [0.1, 0.15) is 16.6 Å². The van der Waals surface area contributed by atoms with Gasteiger partial charge in [0.25, 0.3) is 5.91 Å². The van der Waals surface area contributed by atoms with Crippen molar-refractivity contribution in [2.45, 2.75) is 13.0 Å². The van der Waals surface area contributed by atoms with E-state index >= 15 is 0 Å².